The van der Waals surface area contributed by atoms with E-state index in [9.17, 15) is 4.79 Å². The second kappa shape index (κ2) is 6.43. The summed E-state index contributed by atoms with van der Waals surface area (Å²) < 4.78 is 0. The molecule has 5 nitrogen and oxygen atoms in total. The SMILES string of the molecule is Nc1ccc(CC(=O)N2CCCC(N3CCCC3)C2)nc1. The first kappa shape index (κ1) is 14.3. The second-order valence-corrected chi connectivity index (χ2v) is 6.14. The van der Waals surface area contributed by atoms with E-state index >= 15 is 0 Å². The van der Waals surface area contributed by atoms with Gasteiger partial charge in [0.25, 0.3) is 0 Å². The van der Waals surface area contributed by atoms with E-state index in [1.165, 1.54) is 32.4 Å². The number of hydrogen-bond donors (Lipinski definition) is 1. The van der Waals surface area contributed by atoms with Crippen molar-refractivity contribution in [3.63, 3.8) is 0 Å². The van der Waals surface area contributed by atoms with Crippen molar-refractivity contribution < 1.29 is 4.79 Å². The van der Waals surface area contributed by atoms with Gasteiger partial charge in [0, 0.05) is 24.8 Å². The van der Waals surface area contributed by atoms with Crippen molar-refractivity contribution in [3.8, 4) is 0 Å². The second-order valence-electron chi connectivity index (χ2n) is 6.14. The molecule has 1 aromatic heterocycles. The molecule has 1 amide bonds. The summed E-state index contributed by atoms with van der Waals surface area (Å²) in [6, 6.07) is 4.21. The molecule has 0 bridgehead atoms. The topological polar surface area (TPSA) is 62.5 Å². The Balaban J connectivity index is 1.57. The number of piperidine rings is 1. The number of nitrogen functional groups attached to an aromatic ring is 1. The largest absolute Gasteiger partial charge is 0.397 e. The summed E-state index contributed by atoms with van der Waals surface area (Å²) in [4.78, 5) is 21.3. The first-order valence-electron chi connectivity index (χ1n) is 7.94. The van der Waals surface area contributed by atoms with Crippen molar-refractivity contribution >= 4 is 11.6 Å². The Labute approximate surface area is 126 Å². The van der Waals surface area contributed by atoms with Gasteiger partial charge in [0.05, 0.1) is 18.3 Å². The maximum Gasteiger partial charge on any atom is 0.228 e. The van der Waals surface area contributed by atoms with Crippen LogP contribution in [0.15, 0.2) is 18.3 Å². The van der Waals surface area contributed by atoms with Crippen LogP contribution in [-0.4, -0.2) is 52.9 Å². The molecule has 2 aliphatic rings. The fraction of sp³-hybridized carbons (Fsp3) is 0.625. The van der Waals surface area contributed by atoms with Gasteiger partial charge in [-0.15, -0.1) is 0 Å². The van der Waals surface area contributed by atoms with E-state index in [1.54, 1.807) is 12.3 Å². The van der Waals surface area contributed by atoms with E-state index in [4.69, 9.17) is 5.73 Å². The van der Waals surface area contributed by atoms with Gasteiger partial charge >= 0.3 is 0 Å². The van der Waals surface area contributed by atoms with Crippen molar-refractivity contribution in [2.24, 2.45) is 0 Å². The van der Waals surface area contributed by atoms with Crippen molar-refractivity contribution in [2.45, 2.75) is 38.1 Å². The van der Waals surface area contributed by atoms with Crippen molar-refractivity contribution in [3.05, 3.63) is 24.0 Å². The lowest BCUT2D eigenvalue weighted by Crippen LogP contribution is -2.49. The highest BCUT2D eigenvalue weighted by atomic mass is 16.2. The summed E-state index contributed by atoms with van der Waals surface area (Å²) in [6.07, 6.45) is 6.95. The molecule has 0 spiro atoms. The molecule has 0 aromatic carbocycles. The smallest absolute Gasteiger partial charge is 0.228 e. The standard InChI is InChI=1S/C16H24N4O/c17-13-5-6-14(18-11-13)10-16(21)20-9-3-4-15(12-20)19-7-1-2-8-19/h5-6,11,15H,1-4,7-10,12,17H2. The molecule has 2 saturated heterocycles. The molecule has 2 fully saturated rings. The average Bonchev–Trinajstić information content (AvgIpc) is 3.04. The van der Waals surface area contributed by atoms with Crippen molar-refractivity contribution in [1.29, 1.82) is 0 Å². The molecule has 21 heavy (non-hydrogen) atoms. The van der Waals surface area contributed by atoms with Gasteiger partial charge in [-0.05, 0) is 50.9 Å². The number of likely N-dealkylation sites (tertiary alicyclic amines) is 2. The quantitative estimate of drug-likeness (QED) is 0.910. The fourth-order valence-corrected chi connectivity index (χ4v) is 3.39. The van der Waals surface area contributed by atoms with Gasteiger partial charge in [0.15, 0.2) is 0 Å². The minimum atomic E-state index is 0.191. The number of nitrogens with zero attached hydrogens (tertiary/aromatic N) is 3. The van der Waals surface area contributed by atoms with E-state index in [0.717, 1.165) is 25.2 Å². The summed E-state index contributed by atoms with van der Waals surface area (Å²) in [6.45, 7) is 4.17. The minimum absolute atomic E-state index is 0.191. The summed E-state index contributed by atoms with van der Waals surface area (Å²) in [5.41, 5.74) is 7.07. The van der Waals surface area contributed by atoms with Crippen LogP contribution in [0.1, 0.15) is 31.4 Å². The Kier molecular flexibility index (Phi) is 4.39. The van der Waals surface area contributed by atoms with Crippen LogP contribution in [0.3, 0.4) is 0 Å². The summed E-state index contributed by atoms with van der Waals surface area (Å²) in [5, 5.41) is 0. The maximum absolute atomic E-state index is 12.4. The first-order valence-corrected chi connectivity index (χ1v) is 7.94. The molecule has 1 atom stereocenters. The third-order valence-corrected chi connectivity index (χ3v) is 4.59. The lowest BCUT2D eigenvalue weighted by molar-refractivity contribution is -0.132. The molecule has 1 aromatic rings. The Hall–Kier alpha value is -1.62. The van der Waals surface area contributed by atoms with Crippen LogP contribution >= 0.6 is 0 Å². The summed E-state index contributed by atoms with van der Waals surface area (Å²) >= 11 is 0. The van der Waals surface area contributed by atoms with Crippen LogP contribution in [0.5, 0.6) is 0 Å². The third-order valence-electron chi connectivity index (χ3n) is 4.59. The van der Waals surface area contributed by atoms with E-state index in [-0.39, 0.29) is 5.91 Å². The molecule has 3 rings (SSSR count). The zero-order chi connectivity index (χ0) is 14.7. The molecular weight excluding hydrogens is 264 g/mol. The predicted octanol–water partition coefficient (Wildman–Crippen LogP) is 1.29. The number of aromatic nitrogens is 1. The van der Waals surface area contributed by atoms with Crippen LogP contribution in [0.4, 0.5) is 5.69 Å². The highest BCUT2D eigenvalue weighted by Crippen LogP contribution is 2.21. The zero-order valence-electron chi connectivity index (χ0n) is 12.5. The number of rotatable bonds is 3. The Morgan fingerprint density at radius 2 is 2.05 bits per heavy atom. The van der Waals surface area contributed by atoms with Gasteiger partial charge in [-0.3, -0.25) is 14.7 Å². The Bertz CT molecular complexity index is 482. The van der Waals surface area contributed by atoms with Gasteiger partial charge in [-0.1, -0.05) is 0 Å². The number of carbonyl (C=O) groups excluding carboxylic acids is 1. The molecule has 5 heteroatoms. The first-order chi connectivity index (χ1) is 10.2. The molecular formula is C16H24N4O. The lowest BCUT2D eigenvalue weighted by atomic mass is 10.0. The van der Waals surface area contributed by atoms with Gasteiger partial charge < -0.3 is 10.6 Å². The molecule has 0 radical (unpaired) electrons. The molecule has 2 N–H and O–H groups in total. The number of amides is 1. The average molecular weight is 288 g/mol. The van der Waals surface area contributed by atoms with Gasteiger partial charge in [-0.2, -0.15) is 0 Å². The fourth-order valence-electron chi connectivity index (χ4n) is 3.39. The van der Waals surface area contributed by atoms with Crippen molar-refractivity contribution in [2.75, 3.05) is 31.9 Å². The van der Waals surface area contributed by atoms with Gasteiger partial charge in [0.1, 0.15) is 0 Å². The van der Waals surface area contributed by atoms with E-state index in [0.29, 0.717) is 18.2 Å². The lowest BCUT2D eigenvalue weighted by Gasteiger charge is -2.37. The number of pyridine rings is 1. The monoisotopic (exact) mass is 288 g/mol. The van der Waals surface area contributed by atoms with Crippen LogP contribution in [-0.2, 0) is 11.2 Å². The Morgan fingerprint density at radius 1 is 1.24 bits per heavy atom. The molecule has 0 aliphatic carbocycles. The van der Waals surface area contributed by atoms with E-state index < -0.39 is 0 Å². The molecule has 0 saturated carbocycles. The molecule has 114 valence electrons. The summed E-state index contributed by atoms with van der Waals surface area (Å²) in [7, 11) is 0. The normalized spacial score (nSPS) is 23.4. The number of nitrogens with two attached hydrogens (primary N) is 1. The van der Waals surface area contributed by atoms with Crippen LogP contribution in [0.2, 0.25) is 0 Å². The number of anilines is 1. The van der Waals surface area contributed by atoms with Crippen LogP contribution in [0.25, 0.3) is 0 Å². The molecule has 3 heterocycles. The van der Waals surface area contributed by atoms with E-state index in [1.807, 2.05) is 11.0 Å². The number of carbonyl (C=O) groups is 1. The maximum atomic E-state index is 12.4. The third kappa shape index (κ3) is 3.53. The highest BCUT2D eigenvalue weighted by Gasteiger charge is 2.29. The van der Waals surface area contributed by atoms with Gasteiger partial charge in [0.2, 0.25) is 5.91 Å². The molecule has 2 aliphatic heterocycles. The zero-order valence-corrected chi connectivity index (χ0v) is 12.5. The van der Waals surface area contributed by atoms with Gasteiger partial charge in [-0.25, -0.2) is 0 Å². The Morgan fingerprint density at radius 3 is 2.76 bits per heavy atom. The summed E-state index contributed by atoms with van der Waals surface area (Å²) in [5.74, 6) is 0.191. The predicted molar refractivity (Wildman–Crippen MR) is 82.8 cm³/mol. The van der Waals surface area contributed by atoms with E-state index in [2.05, 4.69) is 9.88 Å². The van der Waals surface area contributed by atoms with Crippen molar-refractivity contribution in [1.82, 2.24) is 14.8 Å². The molecule has 1 unspecified atom stereocenters. The van der Waals surface area contributed by atoms with Crippen LogP contribution < -0.4 is 5.73 Å². The minimum Gasteiger partial charge on any atom is -0.397 e. The van der Waals surface area contributed by atoms with Crippen LogP contribution in [0, 0.1) is 0 Å². The number of hydrogen-bond acceptors (Lipinski definition) is 4. The highest BCUT2D eigenvalue weighted by molar-refractivity contribution is 5.78.